The normalized spacial score (nSPS) is 11.2. The van der Waals surface area contributed by atoms with Gasteiger partial charge in [0.05, 0.1) is 36.2 Å². The smallest absolute Gasteiger partial charge is 0.416 e. The van der Waals surface area contributed by atoms with E-state index in [1.165, 1.54) is 26.4 Å². The molecule has 0 aliphatic heterocycles. The number of aromatic nitrogens is 2. The highest BCUT2D eigenvalue weighted by molar-refractivity contribution is 6.33. The van der Waals surface area contributed by atoms with Gasteiger partial charge in [0, 0.05) is 11.6 Å². The molecule has 0 spiro atoms. The van der Waals surface area contributed by atoms with E-state index in [0.717, 1.165) is 16.8 Å². The van der Waals surface area contributed by atoms with Gasteiger partial charge in [0.1, 0.15) is 18.0 Å². The van der Waals surface area contributed by atoms with Gasteiger partial charge in [0.25, 0.3) is 5.56 Å². The van der Waals surface area contributed by atoms with Crippen LogP contribution in [0.2, 0.25) is 5.02 Å². The lowest BCUT2D eigenvalue weighted by Crippen LogP contribution is -2.29. The topological polar surface area (TPSA) is 82.5 Å². The summed E-state index contributed by atoms with van der Waals surface area (Å²) in [7, 11) is 2.96. The van der Waals surface area contributed by atoms with Crippen LogP contribution in [0, 0.1) is 0 Å². The summed E-state index contributed by atoms with van der Waals surface area (Å²) in [6.45, 7) is -0.550. The summed E-state index contributed by atoms with van der Waals surface area (Å²) < 4.78 is 50.2. The Morgan fingerprint density at radius 1 is 1.09 bits per heavy atom. The van der Waals surface area contributed by atoms with Gasteiger partial charge in [0.15, 0.2) is 0 Å². The molecule has 3 rings (SSSR count). The predicted octanol–water partition coefficient (Wildman–Crippen LogP) is 4.24. The van der Waals surface area contributed by atoms with Gasteiger partial charge in [-0.1, -0.05) is 11.6 Å². The molecule has 0 radical (unpaired) electrons. The maximum atomic E-state index is 12.9. The van der Waals surface area contributed by atoms with Crippen molar-refractivity contribution in [3.63, 3.8) is 0 Å². The van der Waals surface area contributed by atoms with Gasteiger partial charge in [-0.2, -0.15) is 18.3 Å². The zero-order chi connectivity index (χ0) is 23.5. The lowest BCUT2D eigenvalue weighted by atomic mass is 10.1. The van der Waals surface area contributed by atoms with Gasteiger partial charge in [0.2, 0.25) is 5.91 Å². The Morgan fingerprint density at radius 2 is 1.84 bits per heavy atom. The van der Waals surface area contributed by atoms with Crippen LogP contribution in [-0.4, -0.2) is 29.9 Å². The average Bonchev–Trinajstić information content (AvgIpc) is 2.75. The molecular formula is C21H17ClF3N3O4. The third kappa shape index (κ3) is 5.20. The van der Waals surface area contributed by atoms with Crippen LogP contribution in [0.4, 0.5) is 18.9 Å². The van der Waals surface area contributed by atoms with Crippen LogP contribution in [-0.2, 0) is 17.5 Å². The average molecular weight is 468 g/mol. The fourth-order valence-electron chi connectivity index (χ4n) is 2.84. The molecule has 0 atom stereocenters. The van der Waals surface area contributed by atoms with Crippen molar-refractivity contribution in [2.75, 3.05) is 19.5 Å². The molecule has 168 valence electrons. The van der Waals surface area contributed by atoms with E-state index in [2.05, 4.69) is 10.4 Å². The second kappa shape index (κ2) is 9.31. The van der Waals surface area contributed by atoms with E-state index in [9.17, 15) is 22.8 Å². The Labute approximate surface area is 185 Å². The molecule has 0 aliphatic carbocycles. The second-order valence-electron chi connectivity index (χ2n) is 6.52. The van der Waals surface area contributed by atoms with Gasteiger partial charge in [-0.05, 0) is 42.5 Å². The first-order valence-corrected chi connectivity index (χ1v) is 9.47. The molecule has 11 heteroatoms. The number of ether oxygens (including phenoxy) is 2. The molecule has 32 heavy (non-hydrogen) atoms. The highest BCUT2D eigenvalue weighted by atomic mass is 35.5. The minimum atomic E-state index is -4.60. The van der Waals surface area contributed by atoms with Crippen molar-refractivity contribution < 1.29 is 27.4 Å². The molecular weight excluding hydrogens is 451 g/mol. The van der Waals surface area contributed by atoms with Crippen molar-refractivity contribution in [3.05, 3.63) is 69.5 Å². The monoisotopic (exact) mass is 467 g/mol. The highest BCUT2D eigenvalue weighted by Crippen LogP contribution is 2.34. The van der Waals surface area contributed by atoms with Crippen LogP contribution in [0.15, 0.2) is 53.3 Å². The number of halogens is 4. The van der Waals surface area contributed by atoms with Gasteiger partial charge >= 0.3 is 6.18 Å². The molecule has 3 aromatic rings. The number of benzene rings is 2. The molecule has 2 aromatic carbocycles. The number of alkyl halides is 3. The molecule has 0 saturated heterocycles. The largest absolute Gasteiger partial charge is 0.497 e. The molecule has 0 unspecified atom stereocenters. The number of amides is 1. The molecule has 1 N–H and O–H groups in total. The van der Waals surface area contributed by atoms with Crippen molar-refractivity contribution in [1.82, 2.24) is 9.78 Å². The summed E-state index contributed by atoms with van der Waals surface area (Å²) in [5.74, 6) is 0.205. The van der Waals surface area contributed by atoms with E-state index in [1.807, 2.05) is 0 Å². The lowest BCUT2D eigenvalue weighted by molar-refractivity contribution is -0.137. The Balaban J connectivity index is 1.88. The molecule has 0 fully saturated rings. The summed E-state index contributed by atoms with van der Waals surface area (Å²) in [4.78, 5) is 24.6. The van der Waals surface area contributed by atoms with Crippen LogP contribution in [0.3, 0.4) is 0 Å². The SMILES string of the molecule is COc1ccc(OC)c(-c2ccc(=O)n(CC(=O)Nc3cc(C(F)(F)F)ccc3Cl)n2)c1. The Morgan fingerprint density at radius 3 is 2.50 bits per heavy atom. The van der Waals surface area contributed by atoms with Crippen LogP contribution in [0.25, 0.3) is 11.3 Å². The number of nitrogens with one attached hydrogen (secondary N) is 1. The third-order valence-electron chi connectivity index (χ3n) is 4.41. The number of nitrogens with zero attached hydrogens (tertiary/aromatic N) is 2. The van der Waals surface area contributed by atoms with Crippen molar-refractivity contribution in [2.24, 2.45) is 0 Å². The van der Waals surface area contributed by atoms with E-state index in [1.54, 1.807) is 18.2 Å². The standard InChI is InChI=1S/C21H17ClF3N3O4/c1-31-13-4-7-18(32-2)14(10-13)16-6-8-20(30)28(27-16)11-19(29)26-17-9-12(21(23,24)25)3-5-15(17)22/h3-10H,11H2,1-2H3,(H,26,29). The zero-order valence-electron chi connectivity index (χ0n) is 16.9. The van der Waals surface area contributed by atoms with Crippen LogP contribution in [0.1, 0.15) is 5.56 Å². The summed E-state index contributed by atoms with van der Waals surface area (Å²) in [6, 6.07) is 10.2. The predicted molar refractivity (Wildman–Crippen MR) is 112 cm³/mol. The molecule has 1 amide bonds. The van der Waals surface area contributed by atoms with Crippen molar-refractivity contribution in [2.45, 2.75) is 12.7 Å². The van der Waals surface area contributed by atoms with Crippen LogP contribution in [0.5, 0.6) is 11.5 Å². The molecule has 7 nitrogen and oxygen atoms in total. The summed E-state index contributed by atoms with van der Waals surface area (Å²) in [5, 5.41) is 6.38. The zero-order valence-corrected chi connectivity index (χ0v) is 17.6. The van der Waals surface area contributed by atoms with Crippen LogP contribution < -0.4 is 20.3 Å². The van der Waals surface area contributed by atoms with Gasteiger partial charge in [-0.3, -0.25) is 9.59 Å². The second-order valence-corrected chi connectivity index (χ2v) is 6.93. The number of carbonyl (C=O) groups excluding carboxylic acids is 1. The summed E-state index contributed by atoms with van der Waals surface area (Å²) in [6.07, 6.45) is -4.60. The fraction of sp³-hybridized carbons (Fsp3) is 0.190. The van der Waals surface area contributed by atoms with E-state index in [-0.39, 0.29) is 10.7 Å². The Kier molecular flexibility index (Phi) is 6.73. The maximum absolute atomic E-state index is 12.9. The van der Waals surface area contributed by atoms with E-state index in [0.29, 0.717) is 28.8 Å². The van der Waals surface area contributed by atoms with Crippen LogP contribution >= 0.6 is 11.6 Å². The summed E-state index contributed by atoms with van der Waals surface area (Å²) in [5.41, 5.74) is -0.946. The van der Waals surface area contributed by atoms with E-state index < -0.39 is 29.8 Å². The third-order valence-corrected chi connectivity index (χ3v) is 4.74. The number of carbonyl (C=O) groups is 1. The maximum Gasteiger partial charge on any atom is 0.416 e. The minimum absolute atomic E-state index is 0.0819. The van der Waals surface area contributed by atoms with Crippen molar-refractivity contribution in [1.29, 1.82) is 0 Å². The lowest BCUT2D eigenvalue weighted by Gasteiger charge is -2.13. The number of anilines is 1. The number of methoxy groups -OCH3 is 2. The Bertz CT molecular complexity index is 1210. The first-order chi connectivity index (χ1) is 15.1. The quantitative estimate of drug-likeness (QED) is 0.586. The van der Waals surface area contributed by atoms with Crippen molar-refractivity contribution >= 4 is 23.2 Å². The number of hydrogen-bond acceptors (Lipinski definition) is 5. The Hall–Kier alpha value is -3.53. The van der Waals surface area contributed by atoms with E-state index in [4.69, 9.17) is 21.1 Å². The minimum Gasteiger partial charge on any atom is -0.497 e. The molecule has 1 aromatic heterocycles. The molecule has 0 aliphatic rings. The first-order valence-electron chi connectivity index (χ1n) is 9.09. The fourth-order valence-corrected chi connectivity index (χ4v) is 3.01. The molecule has 1 heterocycles. The highest BCUT2D eigenvalue weighted by Gasteiger charge is 2.31. The first kappa shape index (κ1) is 23.1. The summed E-state index contributed by atoms with van der Waals surface area (Å²) >= 11 is 5.90. The molecule has 0 saturated carbocycles. The molecule has 0 bridgehead atoms. The number of rotatable bonds is 6. The van der Waals surface area contributed by atoms with Crippen molar-refractivity contribution in [3.8, 4) is 22.8 Å². The van der Waals surface area contributed by atoms with Gasteiger partial charge in [-0.25, -0.2) is 4.68 Å². The van der Waals surface area contributed by atoms with Gasteiger partial charge < -0.3 is 14.8 Å². The van der Waals surface area contributed by atoms with Gasteiger partial charge in [-0.15, -0.1) is 0 Å². The number of hydrogen-bond donors (Lipinski definition) is 1. The van der Waals surface area contributed by atoms with E-state index >= 15 is 0 Å².